The highest BCUT2D eigenvalue weighted by Gasteiger charge is 2.35. The van der Waals surface area contributed by atoms with Gasteiger partial charge in [-0.15, -0.1) is 0 Å². The maximum Gasteiger partial charge on any atom is 0.256 e. The molecule has 2 aromatic rings. The van der Waals surface area contributed by atoms with E-state index in [1.165, 1.54) is 19.3 Å². The van der Waals surface area contributed by atoms with Crippen LogP contribution in [0.3, 0.4) is 0 Å². The van der Waals surface area contributed by atoms with Crippen LogP contribution in [0.4, 0.5) is 5.69 Å². The van der Waals surface area contributed by atoms with Gasteiger partial charge < -0.3 is 15.5 Å². The fraction of sp³-hybridized carbons (Fsp3) is 0.417. The second-order valence-corrected chi connectivity index (χ2v) is 8.02. The fourth-order valence-electron chi connectivity index (χ4n) is 4.39. The van der Waals surface area contributed by atoms with Crippen molar-refractivity contribution in [3.8, 4) is 0 Å². The number of nitrogens with zero attached hydrogens (tertiary/aromatic N) is 1. The number of rotatable bonds is 6. The Labute approximate surface area is 172 Å². The summed E-state index contributed by atoms with van der Waals surface area (Å²) >= 11 is 0. The van der Waals surface area contributed by atoms with Gasteiger partial charge in [0, 0.05) is 35.0 Å². The summed E-state index contributed by atoms with van der Waals surface area (Å²) in [7, 11) is 0. The van der Waals surface area contributed by atoms with Crippen LogP contribution < -0.4 is 10.6 Å². The van der Waals surface area contributed by atoms with Gasteiger partial charge in [0.05, 0.1) is 0 Å². The molecule has 2 aromatic carbocycles. The fourth-order valence-corrected chi connectivity index (χ4v) is 4.39. The topological polar surface area (TPSA) is 61.4 Å². The quantitative estimate of drug-likeness (QED) is 0.749. The number of benzene rings is 2. The molecular formula is C24H29N3O2. The average molecular weight is 392 g/mol. The van der Waals surface area contributed by atoms with Crippen molar-refractivity contribution in [2.45, 2.75) is 57.7 Å². The molecule has 1 unspecified atom stereocenters. The third-order valence-corrected chi connectivity index (χ3v) is 5.91. The maximum absolute atomic E-state index is 12.8. The minimum atomic E-state index is -0.180. The first kappa shape index (κ1) is 19.5. The molecule has 5 nitrogen and oxygen atoms in total. The van der Waals surface area contributed by atoms with Gasteiger partial charge in [0.15, 0.2) is 0 Å². The zero-order chi connectivity index (χ0) is 20.2. The van der Waals surface area contributed by atoms with Gasteiger partial charge in [0.2, 0.25) is 0 Å². The van der Waals surface area contributed by atoms with Gasteiger partial charge >= 0.3 is 0 Å². The molecule has 1 heterocycles. The Balaban J connectivity index is 1.46. The van der Waals surface area contributed by atoms with Crippen molar-refractivity contribution in [3.63, 3.8) is 0 Å². The molecule has 1 aliphatic heterocycles. The van der Waals surface area contributed by atoms with Crippen LogP contribution in [0.2, 0.25) is 0 Å². The third kappa shape index (κ3) is 4.14. The first-order valence-electron chi connectivity index (χ1n) is 10.7. The van der Waals surface area contributed by atoms with E-state index in [9.17, 15) is 9.59 Å². The molecule has 1 atom stereocenters. The van der Waals surface area contributed by atoms with Gasteiger partial charge in [-0.3, -0.25) is 9.59 Å². The standard InChI is InChI=1S/C24H29N3O2/c1-2-16-27-22(20-10-6-7-11-21(20)24(27)29)25-19-14-12-17(13-15-19)23(28)26-18-8-4-3-5-9-18/h6-7,10-15,18,22,25H,2-5,8-9,16H2,1H3,(H,26,28). The van der Waals surface area contributed by atoms with Crippen LogP contribution >= 0.6 is 0 Å². The Hall–Kier alpha value is -2.82. The smallest absolute Gasteiger partial charge is 0.256 e. The van der Waals surface area contributed by atoms with Crippen LogP contribution in [-0.2, 0) is 0 Å². The van der Waals surface area contributed by atoms with Gasteiger partial charge in [0.1, 0.15) is 6.17 Å². The molecule has 1 aliphatic carbocycles. The maximum atomic E-state index is 12.8. The van der Waals surface area contributed by atoms with E-state index in [2.05, 4.69) is 17.6 Å². The van der Waals surface area contributed by atoms with Crippen molar-refractivity contribution in [1.29, 1.82) is 0 Å². The van der Waals surface area contributed by atoms with Gasteiger partial charge in [-0.1, -0.05) is 44.4 Å². The SMILES string of the molecule is CCCN1C(=O)c2ccccc2C1Nc1ccc(C(=O)NC2CCCCC2)cc1. The van der Waals surface area contributed by atoms with Crippen molar-refractivity contribution in [2.24, 2.45) is 0 Å². The number of carbonyl (C=O) groups is 2. The van der Waals surface area contributed by atoms with Crippen molar-refractivity contribution in [3.05, 3.63) is 65.2 Å². The first-order chi connectivity index (χ1) is 14.2. The highest BCUT2D eigenvalue weighted by atomic mass is 16.2. The van der Waals surface area contributed by atoms with Gasteiger partial charge in [0.25, 0.3) is 11.8 Å². The van der Waals surface area contributed by atoms with E-state index < -0.39 is 0 Å². The van der Waals surface area contributed by atoms with E-state index in [0.29, 0.717) is 18.2 Å². The predicted molar refractivity (Wildman–Crippen MR) is 115 cm³/mol. The van der Waals surface area contributed by atoms with E-state index in [-0.39, 0.29) is 18.0 Å². The molecule has 29 heavy (non-hydrogen) atoms. The summed E-state index contributed by atoms with van der Waals surface area (Å²) < 4.78 is 0. The first-order valence-corrected chi connectivity index (χ1v) is 10.7. The molecule has 0 aromatic heterocycles. The van der Waals surface area contributed by atoms with Crippen molar-refractivity contribution in [2.75, 3.05) is 11.9 Å². The predicted octanol–water partition coefficient (Wildman–Crippen LogP) is 4.73. The number of hydrogen-bond acceptors (Lipinski definition) is 3. The lowest BCUT2D eigenvalue weighted by Gasteiger charge is -2.27. The second kappa shape index (κ2) is 8.68. The summed E-state index contributed by atoms with van der Waals surface area (Å²) in [6.07, 6.45) is 6.54. The Morgan fingerprint density at radius 1 is 1.03 bits per heavy atom. The number of hydrogen-bond donors (Lipinski definition) is 2. The Bertz CT molecular complexity index is 872. The van der Waals surface area contributed by atoms with Crippen LogP contribution in [-0.4, -0.2) is 29.3 Å². The molecule has 0 spiro atoms. The van der Waals surface area contributed by atoms with E-state index >= 15 is 0 Å². The second-order valence-electron chi connectivity index (χ2n) is 8.02. The van der Waals surface area contributed by atoms with Crippen molar-refractivity contribution in [1.82, 2.24) is 10.2 Å². The molecule has 5 heteroatoms. The van der Waals surface area contributed by atoms with E-state index in [1.54, 1.807) is 0 Å². The Morgan fingerprint density at radius 2 is 1.76 bits per heavy atom. The molecular weight excluding hydrogens is 362 g/mol. The van der Waals surface area contributed by atoms with Crippen molar-refractivity contribution >= 4 is 17.5 Å². The minimum Gasteiger partial charge on any atom is -0.361 e. The molecule has 2 aliphatic rings. The van der Waals surface area contributed by atoms with E-state index in [4.69, 9.17) is 0 Å². The summed E-state index contributed by atoms with van der Waals surface area (Å²) in [6.45, 7) is 2.78. The lowest BCUT2D eigenvalue weighted by molar-refractivity contribution is 0.0743. The molecule has 0 radical (unpaired) electrons. The summed E-state index contributed by atoms with van der Waals surface area (Å²) in [5, 5.41) is 6.64. The number of amides is 2. The normalized spacial score (nSPS) is 19.1. The molecule has 0 bridgehead atoms. The molecule has 2 N–H and O–H groups in total. The third-order valence-electron chi connectivity index (χ3n) is 5.91. The van der Waals surface area contributed by atoms with Crippen LogP contribution in [0.1, 0.15) is 77.9 Å². The zero-order valence-corrected chi connectivity index (χ0v) is 17.0. The summed E-state index contributed by atoms with van der Waals surface area (Å²) in [5.41, 5.74) is 3.34. The van der Waals surface area contributed by atoms with E-state index in [1.807, 2.05) is 53.4 Å². The van der Waals surface area contributed by atoms with Crippen LogP contribution in [0.15, 0.2) is 48.5 Å². The zero-order valence-electron chi connectivity index (χ0n) is 17.0. The summed E-state index contributed by atoms with van der Waals surface area (Å²) in [6, 6.07) is 15.6. The molecule has 0 saturated heterocycles. The Morgan fingerprint density at radius 3 is 2.48 bits per heavy atom. The largest absolute Gasteiger partial charge is 0.361 e. The van der Waals surface area contributed by atoms with Crippen LogP contribution in [0.25, 0.3) is 0 Å². The van der Waals surface area contributed by atoms with Crippen molar-refractivity contribution < 1.29 is 9.59 Å². The monoisotopic (exact) mass is 391 g/mol. The van der Waals surface area contributed by atoms with Gasteiger partial charge in [-0.2, -0.15) is 0 Å². The summed E-state index contributed by atoms with van der Waals surface area (Å²) in [5.74, 6) is 0.0703. The Kier molecular flexibility index (Phi) is 5.84. The highest BCUT2D eigenvalue weighted by Crippen LogP contribution is 2.34. The molecule has 4 rings (SSSR count). The van der Waals surface area contributed by atoms with E-state index in [0.717, 1.165) is 36.1 Å². The lowest BCUT2D eigenvalue weighted by atomic mass is 9.95. The minimum absolute atomic E-state index is 0.00236. The number of fused-ring (bicyclic) bond motifs is 1. The molecule has 152 valence electrons. The number of nitrogens with one attached hydrogen (secondary N) is 2. The molecule has 1 saturated carbocycles. The highest BCUT2D eigenvalue weighted by molar-refractivity contribution is 5.99. The molecule has 2 amide bonds. The van der Waals surface area contributed by atoms with Crippen LogP contribution in [0, 0.1) is 0 Å². The summed E-state index contributed by atoms with van der Waals surface area (Å²) in [4.78, 5) is 27.2. The number of anilines is 1. The van der Waals surface area contributed by atoms with Gasteiger partial charge in [-0.25, -0.2) is 0 Å². The molecule has 1 fully saturated rings. The number of carbonyl (C=O) groups excluding carboxylic acids is 2. The van der Waals surface area contributed by atoms with Crippen LogP contribution in [0.5, 0.6) is 0 Å². The van der Waals surface area contributed by atoms with Gasteiger partial charge in [-0.05, 0) is 49.6 Å². The lowest BCUT2D eigenvalue weighted by Crippen LogP contribution is -2.36. The average Bonchev–Trinajstić information content (AvgIpc) is 3.01.